The predicted molar refractivity (Wildman–Crippen MR) is 137 cm³/mol. The summed E-state index contributed by atoms with van der Waals surface area (Å²) in [5, 5.41) is 16.3. The maximum atomic E-state index is 13.0. The number of carboxylic acids is 1. The summed E-state index contributed by atoms with van der Waals surface area (Å²) in [4.78, 5) is 52.4. The molecule has 15 nitrogen and oxygen atoms in total. The standard InChI is InChI=1S/C19H22N10O5S3/c1-3-34-26-10(13-25-18(22)37-27-13)14(30)24-11-15(31)29-12(17(32)33)7(5-35-16(11)29)6-36-19-23-8(20)4-9(21)28(19)2/h4,11,16H,3,5-6H2,1-2H3,(H7,20,21,22,24,25,27,30,32,33)/p+1/b26-10-. The van der Waals surface area contributed by atoms with Gasteiger partial charge in [0, 0.05) is 23.0 Å². The van der Waals surface area contributed by atoms with Crippen molar-refractivity contribution in [2.75, 3.05) is 35.3 Å². The Hall–Kier alpha value is -3.64. The van der Waals surface area contributed by atoms with Crippen LogP contribution < -0.4 is 27.1 Å². The van der Waals surface area contributed by atoms with Crippen molar-refractivity contribution in [1.29, 1.82) is 0 Å². The lowest BCUT2D eigenvalue weighted by Gasteiger charge is -2.49. The Balaban J connectivity index is 1.51. The average molecular weight is 568 g/mol. The zero-order valence-electron chi connectivity index (χ0n) is 19.6. The Labute approximate surface area is 222 Å². The lowest BCUT2D eigenvalue weighted by atomic mass is 10.0. The summed E-state index contributed by atoms with van der Waals surface area (Å²) in [5.74, 6) is -1.39. The molecule has 37 heavy (non-hydrogen) atoms. The Morgan fingerprint density at radius 2 is 2.14 bits per heavy atom. The summed E-state index contributed by atoms with van der Waals surface area (Å²) < 4.78 is 5.61. The smallest absolute Gasteiger partial charge is 0.352 e. The van der Waals surface area contributed by atoms with Crippen LogP contribution in [0, 0.1) is 0 Å². The molecular formula is C19H23N10O5S3+. The third-order valence-electron chi connectivity index (χ3n) is 5.26. The fourth-order valence-corrected chi connectivity index (χ4v) is 6.43. The molecule has 4 heterocycles. The molecule has 196 valence electrons. The van der Waals surface area contributed by atoms with Gasteiger partial charge < -0.3 is 32.5 Å². The lowest BCUT2D eigenvalue weighted by molar-refractivity contribution is -0.698. The number of carboxylic acid groups (broad SMARTS) is 1. The van der Waals surface area contributed by atoms with Crippen LogP contribution in [0.25, 0.3) is 0 Å². The minimum atomic E-state index is -1.25. The van der Waals surface area contributed by atoms with Gasteiger partial charge in [-0.3, -0.25) is 14.5 Å². The normalized spacial score (nSPS) is 19.4. The quantitative estimate of drug-likeness (QED) is 0.0598. The first-order chi connectivity index (χ1) is 17.6. The number of nitrogens with zero attached hydrogens (tertiary/aromatic N) is 6. The highest BCUT2D eigenvalue weighted by Crippen LogP contribution is 2.41. The number of thioether (sulfide) groups is 2. The van der Waals surface area contributed by atoms with E-state index in [-0.39, 0.29) is 40.5 Å². The minimum Gasteiger partial charge on any atom is -0.477 e. The number of anilines is 3. The van der Waals surface area contributed by atoms with Crippen molar-refractivity contribution in [3.63, 3.8) is 0 Å². The average Bonchev–Trinajstić information content (AvgIpc) is 3.28. The van der Waals surface area contributed by atoms with Crippen LogP contribution in [0.3, 0.4) is 0 Å². The van der Waals surface area contributed by atoms with Gasteiger partial charge in [-0.2, -0.15) is 9.36 Å². The van der Waals surface area contributed by atoms with Gasteiger partial charge in [0.25, 0.3) is 11.8 Å². The molecule has 4 rings (SSSR count). The summed E-state index contributed by atoms with van der Waals surface area (Å²) in [7, 11) is 1.72. The van der Waals surface area contributed by atoms with E-state index in [0.717, 1.165) is 11.5 Å². The molecule has 1 fully saturated rings. The van der Waals surface area contributed by atoms with E-state index < -0.39 is 29.2 Å². The molecule has 0 bridgehead atoms. The summed E-state index contributed by atoms with van der Waals surface area (Å²) >= 11 is 3.46. The van der Waals surface area contributed by atoms with Crippen molar-refractivity contribution in [3.05, 3.63) is 23.2 Å². The van der Waals surface area contributed by atoms with E-state index in [9.17, 15) is 19.5 Å². The number of nitrogens with two attached hydrogens (primary N) is 3. The van der Waals surface area contributed by atoms with Crippen LogP contribution in [0.5, 0.6) is 0 Å². The second kappa shape index (κ2) is 10.8. The molecule has 2 atom stereocenters. The van der Waals surface area contributed by atoms with Gasteiger partial charge in [-0.15, -0.1) is 11.8 Å². The molecule has 2 aromatic rings. The summed E-state index contributed by atoms with van der Waals surface area (Å²) in [6.45, 7) is 1.87. The molecular weight excluding hydrogens is 544 g/mol. The lowest BCUT2D eigenvalue weighted by Crippen LogP contribution is -2.71. The van der Waals surface area contributed by atoms with Crippen LogP contribution in [-0.4, -0.2) is 77.4 Å². The van der Waals surface area contributed by atoms with E-state index in [1.165, 1.54) is 34.5 Å². The largest absolute Gasteiger partial charge is 0.477 e. The Morgan fingerprint density at radius 3 is 2.78 bits per heavy atom. The first kappa shape index (κ1) is 26.4. The summed E-state index contributed by atoms with van der Waals surface area (Å²) in [6.07, 6.45) is 0. The van der Waals surface area contributed by atoms with Gasteiger partial charge in [0.2, 0.25) is 23.2 Å². The highest BCUT2D eigenvalue weighted by atomic mass is 32.2. The number of carbonyl (C=O) groups is 3. The van der Waals surface area contributed by atoms with Crippen molar-refractivity contribution >= 4 is 75.3 Å². The highest BCUT2D eigenvalue weighted by Gasteiger charge is 2.54. The predicted octanol–water partition coefficient (Wildman–Crippen LogP) is -1.22. The SMILES string of the molecule is CCO/N=C(\C(=O)NC1C(=O)N2C(C(=O)O)=C(CSc3nc(N)cc(N)[n+]3C)CSC12)c1nsc(N)n1. The van der Waals surface area contributed by atoms with Crippen molar-refractivity contribution in [2.45, 2.75) is 23.5 Å². The van der Waals surface area contributed by atoms with Gasteiger partial charge in [-0.1, -0.05) is 10.1 Å². The van der Waals surface area contributed by atoms with Crippen molar-refractivity contribution < 1.29 is 28.9 Å². The first-order valence-corrected chi connectivity index (χ1v) is 13.5. The van der Waals surface area contributed by atoms with Crippen molar-refractivity contribution in [1.82, 2.24) is 24.6 Å². The van der Waals surface area contributed by atoms with Crippen LogP contribution in [0.15, 0.2) is 27.6 Å². The number of fused-ring (bicyclic) bond motifs is 1. The molecule has 0 spiro atoms. The Bertz CT molecular complexity index is 1330. The van der Waals surface area contributed by atoms with E-state index in [1.807, 2.05) is 0 Å². The Kier molecular flexibility index (Phi) is 7.69. The molecule has 1 saturated heterocycles. The zero-order chi connectivity index (χ0) is 26.9. The molecule has 2 amide bonds. The van der Waals surface area contributed by atoms with Crippen LogP contribution >= 0.6 is 35.1 Å². The van der Waals surface area contributed by atoms with Gasteiger partial charge >= 0.3 is 11.1 Å². The monoisotopic (exact) mass is 567 g/mol. The molecule has 2 aliphatic heterocycles. The maximum absolute atomic E-state index is 13.0. The molecule has 2 unspecified atom stereocenters. The molecule has 0 saturated carbocycles. The summed E-state index contributed by atoms with van der Waals surface area (Å²) in [5.41, 5.74) is 17.5. The van der Waals surface area contributed by atoms with E-state index in [0.29, 0.717) is 22.3 Å². The van der Waals surface area contributed by atoms with Gasteiger partial charge in [0.05, 0.1) is 13.1 Å². The second-order valence-electron chi connectivity index (χ2n) is 7.67. The van der Waals surface area contributed by atoms with E-state index >= 15 is 0 Å². The number of β-lactam (4-membered cyclic amide) rings is 1. The topological polar surface area (TPSA) is 229 Å². The third kappa shape index (κ3) is 5.25. The van der Waals surface area contributed by atoms with Crippen molar-refractivity contribution in [3.8, 4) is 0 Å². The highest BCUT2D eigenvalue weighted by molar-refractivity contribution is 8.01. The zero-order valence-corrected chi connectivity index (χ0v) is 22.0. The number of amides is 2. The second-order valence-corrected chi connectivity index (χ2v) is 10.5. The van der Waals surface area contributed by atoms with Crippen LogP contribution in [0.2, 0.25) is 0 Å². The van der Waals surface area contributed by atoms with Crippen molar-refractivity contribution in [2.24, 2.45) is 12.2 Å². The van der Waals surface area contributed by atoms with E-state index in [1.54, 1.807) is 18.5 Å². The van der Waals surface area contributed by atoms with Gasteiger partial charge in [-0.05, 0) is 24.3 Å². The number of hydrogen-bond acceptors (Lipinski definition) is 14. The molecule has 2 aromatic heterocycles. The number of nitrogen functional groups attached to an aromatic ring is 3. The molecule has 18 heteroatoms. The molecule has 0 radical (unpaired) electrons. The van der Waals surface area contributed by atoms with Gasteiger partial charge in [0.15, 0.2) is 5.13 Å². The number of oxime groups is 1. The van der Waals surface area contributed by atoms with Crippen LogP contribution in [0.4, 0.5) is 16.8 Å². The number of carbonyl (C=O) groups excluding carboxylic acids is 2. The summed E-state index contributed by atoms with van der Waals surface area (Å²) in [6, 6.07) is 0.543. The first-order valence-electron chi connectivity index (χ1n) is 10.7. The van der Waals surface area contributed by atoms with Crippen LogP contribution in [0.1, 0.15) is 12.7 Å². The van der Waals surface area contributed by atoms with E-state index in [4.69, 9.17) is 22.0 Å². The third-order valence-corrected chi connectivity index (χ3v) is 8.26. The molecule has 2 aliphatic rings. The number of hydrogen-bond donors (Lipinski definition) is 5. The molecule has 8 N–H and O–H groups in total. The van der Waals surface area contributed by atoms with E-state index in [2.05, 4.69) is 24.8 Å². The molecule has 0 aromatic carbocycles. The number of aromatic nitrogens is 4. The fraction of sp³-hybridized carbons (Fsp3) is 0.368. The number of rotatable bonds is 9. The van der Waals surface area contributed by atoms with Crippen LogP contribution in [-0.2, 0) is 26.3 Å². The molecule has 0 aliphatic carbocycles. The van der Waals surface area contributed by atoms with Gasteiger partial charge in [0.1, 0.15) is 23.7 Å². The minimum absolute atomic E-state index is 0.0391. The number of nitrogens with one attached hydrogen (secondary N) is 1. The Morgan fingerprint density at radius 1 is 1.38 bits per heavy atom. The number of aliphatic carboxylic acids is 1. The maximum Gasteiger partial charge on any atom is 0.352 e. The van der Waals surface area contributed by atoms with Gasteiger partial charge in [-0.25, -0.2) is 9.36 Å². The fourth-order valence-electron chi connectivity index (χ4n) is 3.51.